The summed E-state index contributed by atoms with van der Waals surface area (Å²) in [6, 6.07) is 9.96. The van der Waals surface area contributed by atoms with Crippen LogP contribution in [0.25, 0.3) is 0 Å². The molecular formula is C15H14O5. The van der Waals surface area contributed by atoms with Gasteiger partial charge in [-0.25, -0.2) is 0 Å². The zero-order chi connectivity index (χ0) is 14.7. The van der Waals surface area contributed by atoms with Gasteiger partial charge in [-0.1, -0.05) is 18.2 Å². The number of aromatic hydroxyl groups is 3. The van der Waals surface area contributed by atoms with E-state index in [1.807, 2.05) is 0 Å². The van der Waals surface area contributed by atoms with Gasteiger partial charge in [0.2, 0.25) is 0 Å². The van der Waals surface area contributed by atoms with Crippen LogP contribution < -0.4 is 0 Å². The molecule has 20 heavy (non-hydrogen) atoms. The van der Waals surface area contributed by atoms with E-state index in [1.165, 1.54) is 42.5 Å². The summed E-state index contributed by atoms with van der Waals surface area (Å²) < 4.78 is 0. The van der Waals surface area contributed by atoms with E-state index in [0.717, 1.165) is 0 Å². The predicted molar refractivity (Wildman–Crippen MR) is 72.0 cm³/mol. The molecule has 104 valence electrons. The van der Waals surface area contributed by atoms with Crippen molar-refractivity contribution in [2.45, 2.75) is 12.3 Å². The molecule has 1 atom stereocenters. The second kappa shape index (κ2) is 5.52. The van der Waals surface area contributed by atoms with Gasteiger partial charge in [-0.05, 0) is 35.7 Å². The van der Waals surface area contributed by atoms with Crippen LogP contribution in [0.1, 0.15) is 17.0 Å². The first-order chi connectivity index (χ1) is 9.47. The average Bonchev–Trinajstić information content (AvgIpc) is 2.39. The smallest absolute Gasteiger partial charge is 0.311 e. The number of carbonyl (C=O) groups is 1. The lowest BCUT2D eigenvalue weighted by Gasteiger charge is -2.14. The summed E-state index contributed by atoms with van der Waals surface area (Å²) in [5.41, 5.74) is 0.964. The number of phenols is 3. The number of carboxylic acid groups (broad SMARTS) is 1. The lowest BCUT2D eigenvalue weighted by atomic mass is 9.91. The molecule has 0 saturated carbocycles. The Morgan fingerprint density at radius 2 is 1.55 bits per heavy atom. The van der Waals surface area contributed by atoms with Crippen LogP contribution in [0.3, 0.4) is 0 Å². The van der Waals surface area contributed by atoms with E-state index in [1.54, 1.807) is 0 Å². The van der Waals surface area contributed by atoms with E-state index in [4.69, 9.17) is 0 Å². The van der Waals surface area contributed by atoms with Crippen molar-refractivity contribution in [3.8, 4) is 17.2 Å². The molecule has 0 saturated heterocycles. The molecule has 2 aromatic carbocycles. The molecule has 0 aliphatic heterocycles. The van der Waals surface area contributed by atoms with E-state index >= 15 is 0 Å². The number of aliphatic carboxylic acids is 1. The average molecular weight is 274 g/mol. The third-order valence-corrected chi connectivity index (χ3v) is 3.09. The van der Waals surface area contributed by atoms with Gasteiger partial charge in [0.1, 0.15) is 17.2 Å². The first-order valence-corrected chi connectivity index (χ1v) is 6.00. The minimum absolute atomic E-state index is 0.0605. The Morgan fingerprint density at radius 1 is 0.950 bits per heavy atom. The van der Waals surface area contributed by atoms with Gasteiger partial charge in [-0.2, -0.15) is 0 Å². The second-order valence-electron chi connectivity index (χ2n) is 4.50. The molecule has 5 nitrogen and oxygen atoms in total. The largest absolute Gasteiger partial charge is 0.508 e. The Bertz CT molecular complexity index is 619. The van der Waals surface area contributed by atoms with Crippen molar-refractivity contribution >= 4 is 5.97 Å². The summed E-state index contributed by atoms with van der Waals surface area (Å²) in [7, 11) is 0. The van der Waals surface area contributed by atoms with E-state index in [9.17, 15) is 25.2 Å². The van der Waals surface area contributed by atoms with Gasteiger partial charge in [-0.15, -0.1) is 0 Å². The van der Waals surface area contributed by atoms with Gasteiger partial charge < -0.3 is 20.4 Å². The van der Waals surface area contributed by atoms with Crippen LogP contribution in [0.4, 0.5) is 0 Å². The maximum absolute atomic E-state index is 11.4. The number of hydrogen-bond donors (Lipinski definition) is 4. The highest BCUT2D eigenvalue weighted by atomic mass is 16.4. The molecule has 0 radical (unpaired) electrons. The van der Waals surface area contributed by atoms with Crippen LogP contribution in [0.15, 0.2) is 42.5 Å². The van der Waals surface area contributed by atoms with Gasteiger partial charge >= 0.3 is 5.97 Å². The van der Waals surface area contributed by atoms with Crippen LogP contribution in [0, 0.1) is 0 Å². The lowest BCUT2D eigenvalue weighted by Crippen LogP contribution is -2.14. The number of benzene rings is 2. The SMILES string of the molecule is O=C(O)[C@@H](Cc1ccc(O)cc1O)c1ccc(O)cc1. The van der Waals surface area contributed by atoms with E-state index in [0.29, 0.717) is 11.1 Å². The Kier molecular flexibility index (Phi) is 3.79. The number of hydrogen-bond acceptors (Lipinski definition) is 4. The van der Waals surface area contributed by atoms with E-state index < -0.39 is 11.9 Å². The minimum atomic E-state index is -1.02. The molecule has 0 aliphatic rings. The standard InChI is InChI=1S/C15H14O5/c16-11-4-1-9(2-5-11)13(15(19)20)7-10-3-6-12(17)8-14(10)18/h1-6,8,13,16-18H,7H2,(H,19,20)/t13-/m0/s1. The predicted octanol–water partition coefficient (Wildman–Crippen LogP) is 2.21. The molecule has 0 amide bonds. The number of carboxylic acids is 1. The highest BCUT2D eigenvalue weighted by Crippen LogP contribution is 2.29. The van der Waals surface area contributed by atoms with Crippen LogP contribution in [-0.4, -0.2) is 26.4 Å². The van der Waals surface area contributed by atoms with Crippen molar-refractivity contribution < 1.29 is 25.2 Å². The van der Waals surface area contributed by atoms with E-state index in [-0.39, 0.29) is 23.7 Å². The molecule has 5 heteroatoms. The zero-order valence-corrected chi connectivity index (χ0v) is 10.5. The fourth-order valence-electron chi connectivity index (χ4n) is 2.00. The molecular weight excluding hydrogens is 260 g/mol. The molecule has 0 bridgehead atoms. The van der Waals surface area contributed by atoms with Crippen molar-refractivity contribution in [1.82, 2.24) is 0 Å². The summed E-state index contributed by atoms with van der Waals surface area (Å²) in [5.74, 6) is -2.03. The monoisotopic (exact) mass is 274 g/mol. The second-order valence-corrected chi connectivity index (χ2v) is 4.50. The quantitative estimate of drug-likeness (QED) is 0.685. The normalized spacial score (nSPS) is 12.0. The van der Waals surface area contributed by atoms with Gasteiger partial charge in [0.05, 0.1) is 5.92 Å². The summed E-state index contributed by atoms with van der Waals surface area (Å²) in [6.45, 7) is 0. The third-order valence-electron chi connectivity index (χ3n) is 3.09. The highest BCUT2D eigenvalue weighted by molar-refractivity contribution is 5.76. The zero-order valence-electron chi connectivity index (χ0n) is 10.5. The Labute approximate surface area is 115 Å². The summed E-state index contributed by atoms with van der Waals surface area (Å²) in [5, 5.41) is 37.5. The summed E-state index contributed by atoms with van der Waals surface area (Å²) in [6.07, 6.45) is 0.0895. The molecule has 2 aromatic rings. The first-order valence-electron chi connectivity index (χ1n) is 6.00. The molecule has 4 N–H and O–H groups in total. The van der Waals surface area contributed by atoms with Gasteiger partial charge in [-0.3, -0.25) is 4.79 Å². The maximum atomic E-state index is 11.4. The minimum Gasteiger partial charge on any atom is -0.508 e. The Morgan fingerprint density at radius 3 is 2.10 bits per heavy atom. The Balaban J connectivity index is 2.30. The van der Waals surface area contributed by atoms with Gasteiger partial charge in [0.25, 0.3) is 0 Å². The van der Waals surface area contributed by atoms with Crippen LogP contribution in [-0.2, 0) is 11.2 Å². The van der Waals surface area contributed by atoms with Gasteiger partial charge in [0.15, 0.2) is 0 Å². The Hall–Kier alpha value is -2.69. The van der Waals surface area contributed by atoms with E-state index in [2.05, 4.69) is 0 Å². The number of rotatable bonds is 4. The topological polar surface area (TPSA) is 98.0 Å². The first kappa shape index (κ1) is 13.7. The fraction of sp³-hybridized carbons (Fsp3) is 0.133. The van der Waals surface area contributed by atoms with Crippen molar-refractivity contribution in [1.29, 1.82) is 0 Å². The third kappa shape index (κ3) is 3.00. The van der Waals surface area contributed by atoms with Crippen molar-refractivity contribution in [2.24, 2.45) is 0 Å². The molecule has 0 spiro atoms. The maximum Gasteiger partial charge on any atom is 0.311 e. The van der Waals surface area contributed by atoms with Crippen LogP contribution in [0.2, 0.25) is 0 Å². The molecule has 2 rings (SSSR count). The lowest BCUT2D eigenvalue weighted by molar-refractivity contribution is -0.138. The van der Waals surface area contributed by atoms with Crippen molar-refractivity contribution in [3.05, 3.63) is 53.6 Å². The summed E-state index contributed by atoms with van der Waals surface area (Å²) >= 11 is 0. The van der Waals surface area contributed by atoms with Crippen molar-refractivity contribution in [2.75, 3.05) is 0 Å². The molecule has 0 unspecified atom stereocenters. The van der Waals surface area contributed by atoms with Gasteiger partial charge in [0, 0.05) is 6.07 Å². The fourth-order valence-corrected chi connectivity index (χ4v) is 2.00. The molecule has 0 aromatic heterocycles. The van der Waals surface area contributed by atoms with Crippen molar-refractivity contribution in [3.63, 3.8) is 0 Å². The van der Waals surface area contributed by atoms with Crippen LogP contribution in [0.5, 0.6) is 17.2 Å². The highest BCUT2D eigenvalue weighted by Gasteiger charge is 2.21. The van der Waals surface area contributed by atoms with Crippen LogP contribution >= 0.6 is 0 Å². The molecule has 0 fully saturated rings. The molecule has 0 aliphatic carbocycles. The molecule has 0 heterocycles. The summed E-state index contributed by atoms with van der Waals surface area (Å²) in [4.78, 5) is 11.4. The number of phenolic OH excluding ortho intramolecular Hbond substituents is 3.